The van der Waals surface area contributed by atoms with Crippen molar-refractivity contribution in [1.29, 1.82) is 0 Å². The van der Waals surface area contributed by atoms with Crippen LogP contribution in [0.1, 0.15) is 18.1 Å². The van der Waals surface area contributed by atoms with Gasteiger partial charge < -0.3 is 10.1 Å². The Labute approximate surface area is 127 Å². The predicted molar refractivity (Wildman–Crippen MR) is 82.7 cm³/mol. The molecule has 4 heteroatoms. The molecule has 1 N–H and O–H groups in total. The molecule has 20 heavy (non-hydrogen) atoms. The van der Waals surface area contributed by atoms with E-state index < -0.39 is 0 Å². The van der Waals surface area contributed by atoms with Crippen molar-refractivity contribution >= 4 is 15.9 Å². The van der Waals surface area contributed by atoms with Gasteiger partial charge in [0.15, 0.2) is 11.6 Å². The molecule has 0 saturated heterocycles. The minimum atomic E-state index is -0.345. The van der Waals surface area contributed by atoms with Gasteiger partial charge in [-0.3, -0.25) is 0 Å². The molecule has 0 bridgehead atoms. The van der Waals surface area contributed by atoms with Crippen LogP contribution in [-0.4, -0.2) is 6.54 Å². The van der Waals surface area contributed by atoms with Crippen LogP contribution in [0.3, 0.4) is 0 Å². The van der Waals surface area contributed by atoms with E-state index in [1.165, 1.54) is 6.07 Å². The molecule has 106 valence electrons. The van der Waals surface area contributed by atoms with Crippen molar-refractivity contribution in [2.45, 2.75) is 20.4 Å². The maximum atomic E-state index is 14.0. The molecule has 0 fully saturated rings. The zero-order valence-corrected chi connectivity index (χ0v) is 13.1. The molecule has 0 heterocycles. The van der Waals surface area contributed by atoms with Gasteiger partial charge in [-0.2, -0.15) is 0 Å². The van der Waals surface area contributed by atoms with Crippen molar-refractivity contribution in [3.05, 3.63) is 57.8 Å². The number of hydrogen-bond acceptors (Lipinski definition) is 2. The van der Waals surface area contributed by atoms with Gasteiger partial charge in [-0.15, -0.1) is 0 Å². The zero-order chi connectivity index (χ0) is 14.5. The van der Waals surface area contributed by atoms with Gasteiger partial charge in [-0.1, -0.05) is 35.0 Å². The van der Waals surface area contributed by atoms with E-state index in [2.05, 4.69) is 21.2 Å². The lowest BCUT2D eigenvalue weighted by Crippen LogP contribution is -2.12. The Morgan fingerprint density at radius 3 is 2.75 bits per heavy atom. The Hall–Kier alpha value is -1.39. The quantitative estimate of drug-likeness (QED) is 0.846. The maximum Gasteiger partial charge on any atom is 0.167 e. The first-order chi connectivity index (χ1) is 9.61. The summed E-state index contributed by atoms with van der Waals surface area (Å²) >= 11 is 3.41. The second-order valence-electron chi connectivity index (χ2n) is 4.52. The highest BCUT2D eigenvalue weighted by Gasteiger charge is 2.12. The van der Waals surface area contributed by atoms with Crippen LogP contribution in [0.5, 0.6) is 11.5 Å². The molecular formula is C16H17BrFNO. The fourth-order valence-corrected chi connectivity index (χ4v) is 2.38. The summed E-state index contributed by atoms with van der Waals surface area (Å²) in [5, 5.41) is 3.19. The number of halogens is 2. The number of hydrogen-bond donors (Lipinski definition) is 1. The second kappa shape index (κ2) is 6.86. The Morgan fingerprint density at radius 2 is 2.05 bits per heavy atom. The highest BCUT2D eigenvalue weighted by Crippen LogP contribution is 2.31. The molecule has 0 aliphatic carbocycles. The van der Waals surface area contributed by atoms with E-state index in [0.29, 0.717) is 18.0 Å². The lowest BCUT2D eigenvalue weighted by atomic mass is 10.1. The average molecular weight is 338 g/mol. The molecule has 0 aromatic heterocycles. The predicted octanol–water partition coefficient (Wildman–Crippen LogP) is 4.80. The summed E-state index contributed by atoms with van der Waals surface area (Å²) in [5.41, 5.74) is 1.77. The Morgan fingerprint density at radius 1 is 1.25 bits per heavy atom. The summed E-state index contributed by atoms with van der Waals surface area (Å²) in [5.74, 6) is 0.609. The van der Waals surface area contributed by atoms with Crippen molar-refractivity contribution in [1.82, 2.24) is 5.32 Å². The van der Waals surface area contributed by atoms with Crippen LogP contribution in [0, 0.1) is 12.7 Å². The fraction of sp³-hybridized carbons (Fsp3) is 0.250. The number of ether oxygens (including phenoxy) is 1. The third kappa shape index (κ3) is 3.58. The molecule has 0 amide bonds. The molecule has 0 aliphatic rings. The first-order valence-electron chi connectivity index (χ1n) is 6.54. The molecule has 0 saturated carbocycles. The van der Waals surface area contributed by atoms with Crippen LogP contribution >= 0.6 is 15.9 Å². The van der Waals surface area contributed by atoms with Gasteiger partial charge in [0.05, 0.1) is 0 Å². The second-order valence-corrected chi connectivity index (χ2v) is 5.44. The van der Waals surface area contributed by atoms with Crippen LogP contribution < -0.4 is 10.1 Å². The average Bonchev–Trinajstić information content (AvgIpc) is 2.42. The first kappa shape index (κ1) is 15.0. The van der Waals surface area contributed by atoms with Gasteiger partial charge in [-0.05, 0) is 43.3 Å². The van der Waals surface area contributed by atoms with Gasteiger partial charge >= 0.3 is 0 Å². The van der Waals surface area contributed by atoms with E-state index in [-0.39, 0.29) is 5.82 Å². The van der Waals surface area contributed by atoms with Crippen LogP contribution in [0.15, 0.2) is 40.9 Å². The minimum absolute atomic E-state index is 0.291. The summed E-state index contributed by atoms with van der Waals surface area (Å²) < 4.78 is 20.8. The normalized spacial score (nSPS) is 10.6. The lowest BCUT2D eigenvalue weighted by molar-refractivity contribution is 0.431. The summed E-state index contributed by atoms with van der Waals surface area (Å²) in [6, 6.07) is 10.6. The topological polar surface area (TPSA) is 21.3 Å². The summed E-state index contributed by atoms with van der Waals surface area (Å²) in [4.78, 5) is 0. The van der Waals surface area contributed by atoms with Gasteiger partial charge in [-0.25, -0.2) is 4.39 Å². The first-order valence-corrected chi connectivity index (χ1v) is 7.33. The third-order valence-electron chi connectivity index (χ3n) is 2.96. The summed E-state index contributed by atoms with van der Waals surface area (Å²) in [6.45, 7) is 5.36. The molecular weight excluding hydrogens is 321 g/mol. The van der Waals surface area contributed by atoms with Crippen molar-refractivity contribution in [2.75, 3.05) is 6.54 Å². The van der Waals surface area contributed by atoms with Crippen molar-refractivity contribution in [3.63, 3.8) is 0 Å². The molecule has 2 rings (SSSR count). The van der Waals surface area contributed by atoms with Crippen LogP contribution in [-0.2, 0) is 6.54 Å². The summed E-state index contributed by atoms with van der Waals surface area (Å²) in [6.07, 6.45) is 0. The van der Waals surface area contributed by atoms with E-state index in [1.54, 1.807) is 6.07 Å². The number of rotatable bonds is 5. The van der Waals surface area contributed by atoms with Crippen LogP contribution in [0.2, 0.25) is 0 Å². The van der Waals surface area contributed by atoms with E-state index in [0.717, 1.165) is 22.1 Å². The molecule has 0 spiro atoms. The molecule has 2 aromatic carbocycles. The van der Waals surface area contributed by atoms with Gasteiger partial charge in [0.1, 0.15) is 5.75 Å². The monoisotopic (exact) mass is 337 g/mol. The molecule has 0 radical (unpaired) electrons. The molecule has 2 nitrogen and oxygen atoms in total. The molecule has 0 unspecified atom stereocenters. The Bertz CT molecular complexity index is 601. The largest absolute Gasteiger partial charge is 0.454 e. The van der Waals surface area contributed by atoms with Crippen molar-refractivity contribution in [2.24, 2.45) is 0 Å². The molecule has 0 atom stereocenters. The number of benzene rings is 2. The van der Waals surface area contributed by atoms with Gasteiger partial charge in [0, 0.05) is 16.6 Å². The van der Waals surface area contributed by atoms with Crippen LogP contribution in [0.4, 0.5) is 4.39 Å². The van der Waals surface area contributed by atoms with E-state index in [9.17, 15) is 4.39 Å². The molecule has 2 aromatic rings. The van der Waals surface area contributed by atoms with Crippen LogP contribution in [0.25, 0.3) is 0 Å². The molecule has 0 aliphatic heterocycles. The SMILES string of the molecule is CCNCc1cccc(F)c1Oc1ccc(Br)cc1C. The third-order valence-corrected chi connectivity index (χ3v) is 3.46. The smallest absolute Gasteiger partial charge is 0.167 e. The van der Waals surface area contributed by atoms with E-state index >= 15 is 0 Å². The lowest BCUT2D eigenvalue weighted by Gasteiger charge is -2.14. The maximum absolute atomic E-state index is 14.0. The van der Waals surface area contributed by atoms with Crippen molar-refractivity contribution < 1.29 is 9.13 Å². The summed E-state index contributed by atoms with van der Waals surface area (Å²) in [7, 11) is 0. The fourth-order valence-electron chi connectivity index (χ4n) is 1.90. The number of aryl methyl sites for hydroxylation is 1. The van der Waals surface area contributed by atoms with Crippen molar-refractivity contribution in [3.8, 4) is 11.5 Å². The Balaban J connectivity index is 2.32. The highest BCUT2D eigenvalue weighted by molar-refractivity contribution is 9.10. The zero-order valence-electron chi connectivity index (χ0n) is 11.5. The van der Waals surface area contributed by atoms with E-state index in [4.69, 9.17) is 4.74 Å². The highest BCUT2D eigenvalue weighted by atomic mass is 79.9. The minimum Gasteiger partial charge on any atom is -0.454 e. The number of nitrogens with one attached hydrogen (secondary N) is 1. The van der Waals surface area contributed by atoms with Gasteiger partial charge in [0.25, 0.3) is 0 Å². The van der Waals surface area contributed by atoms with E-state index in [1.807, 2.05) is 38.1 Å². The standard InChI is InChI=1S/C16H17BrFNO/c1-3-19-10-12-5-4-6-14(18)16(12)20-15-8-7-13(17)9-11(15)2/h4-9,19H,3,10H2,1-2H3. The van der Waals surface area contributed by atoms with Gasteiger partial charge in [0.2, 0.25) is 0 Å². The Kier molecular flexibility index (Phi) is 5.15. The number of para-hydroxylation sites is 1.